The fraction of sp³-hybridized carbons (Fsp3) is 0.769. The van der Waals surface area contributed by atoms with Gasteiger partial charge in [0, 0.05) is 24.7 Å². The summed E-state index contributed by atoms with van der Waals surface area (Å²) in [6.45, 7) is 4.41. The van der Waals surface area contributed by atoms with Gasteiger partial charge in [0.25, 0.3) is 0 Å². The maximum absolute atomic E-state index is 11.3. The zero-order valence-electron chi connectivity index (χ0n) is 10.6. The third-order valence-corrected chi connectivity index (χ3v) is 3.74. The van der Waals surface area contributed by atoms with E-state index in [1.165, 1.54) is 26.4 Å². The van der Waals surface area contributed by atoms with Crippen LogP contribution < -0.4 is 0 Å². The number of ether oxygens (including phenoxy) is 2. The minimum absolute atomic E-state index is 0.235. The van der Waals surface area contributed by atoms with Crippen LogP contribution in [0.5, 0.6) is 0 Å². The lowest BCUT2D eigenvalue weighted by atomic mass is 10.1. The van der Waals surface area contributed by atoms with Crippen LogP contribution in [0.3, 0.4) is 0 Å². The van der Waals surface area contributed by atoms with Gasteiger partial charge in [0.05, 0.1) is 19.8 Å². The summed E-state index contributed by atoms with van der Waals surface area (Å²) >= 11 is 0. The lowest BCUT2D eigenvalue weighted by Crippen LogP contribution is -2.48. The van der Waals surface area contributed by atoms with Crippen molar-refractivity contribution in [1.82, 2.24) is 4.90 Å². The van der Waals surface area contributed by atoms with Crippen LogP contribution in [-0.2, 0) is 14.3 Å². The van der Waals surface area contributed by atoms with Crippen molar-refractivity contribution in [2.75, 3.05) is 26.8 Å². The Balaban J connectivity index is 1.92. The molecule has 0 aromatic heterocycles. The molecule has 2 unspecified atom stereocenters. The van der Waals surface area contributed by atoms with Gasteiger partial charge >= 0.3 is 5.97 Å². The topological polar surface area (TPSA) is 38.8 Å². The van der Waals surface area contributed by atoms with Gasteiger partial charge in [0.1, 0.15) is 0 Å². The molecule has 0 N–H and O–H groups in total. The van der Waals surface area contributed by atoms with Crippen LogP contribution in [0.25, 0.3) is 0 Å². The van der Waals surface area contributed by atoms with Gasteiger partial charge in [-0.1, -0.05) is 6.08 Å². The molecular formula is C13H21NO3. The molecule has 2 atom stereocenters. The molecule has 0 aromatic carbocycles. The Morgan fingerprint density at radius 3 is 3.12 bits per heavy atom. The average Bonchev–Trinajstić information content (AvgIpc) is 2.83. The highest BCUT2D eigenvalue weighted by molar-refractivity contribution is 5.87. The number of methoxy groups -OCH3 is 1. The predicted molar refractivity (Wildman–Crippen MR) is 64.7 cm³/mol. The second-order valence-electron chi connectivity index (χ2n) is 4.78. The van der Waals surface area contributed by atoms with E-state index in [1.54, 1.807) is 6.92 Å². The zero-order valence-corrected chi connectivity index (χ0v) is 10.6. The normalized spacial score (nSPS) is 30.1. The maximum Gasteiger partial charge on any atom is 0.333 e. The van der Waals surface area contributed by atoms with E-state index in [0.717, 1.165) is 19.7 Å². The van der Waals surface area contributed by atoms with Crippen LogP contribution in [0.1, 0.15) is 26.2 Å². The Morgan fingerprint density at radius 2 is 2.35 bits per heavy atom. The highest BCUT2D eigenvalue weighted by Crippen LogP contribution is 2.29. The molecular weight excluding hydrogens is 218 g/mol. The maximum atomic E-state index is 11.3. The molecule has 17 heavy (non-hydrogen) atoms. The van der Waals surface area contributed by atoms with Gasteiger partial charge in [0.2, 0.25) is 0 Å². The highest BCUT2D eigenvalue weighted by atomic mass is 16.5. The molecule has 2 rings (SSSR count). The van der Waals surface area contributed by atoms with E-state index in [-0.39, 0.29) is 5.97 Å². The van der Waals surface area contributed by atoms with Crippen molar-refractivity contribution >= 4 is 5.97 Å². The van der Waals surface area contributed by atoms with Crippen molar-refractivity contribution in [3.8, 4) is 0 Å². The van der Waals surface area contributed by atoms with Gasteiger partial charge in [-0.05, 0) is 26.2 Å². The largest absolute Gasteiger partial charge is 0.466 e. The van der Waals surface area contributed by atoms with Crippen molar-refractivity contribution in [1.29, 1.82) is 0 Å². The summed E-state index contributed by atoms with van der Waals surface area (Å²) in [5, 5.41) is 0. The van der Waals surface area contributed by atoms with E-state index < -0.39 is 0 Å². The molecule has 2 fully saturated rings. The molecule has 96 valence electrons. The van der Waals surface area contributed by atoms with Crippen molar-refractivity contribution in [3.63, 3.8) is 0 Å². The van der Waals surface area contributed by atoms with E-state index in [9.17, 15) is 4.79 Å². The summed E-state index contributed by atoms with van der Waals surface area (Å²) in [7, 11) is 1.42. The quantitative estimate of drug-likeness (QED) is 0.550. The number of morpholine rings is 1. The van der Waals surface area contributed by atoms with Crippen molar-refractivity contribution < 1.29 is 14.3 Å². The third-order valence-electron chi connectivity index (χ3n) is 3.74. The summed E-state index contributed by atoms with van der Waals surface area (Å²) in [4.78, 5) is 13.7. The van der Waals surface area contributed by atoms with Crippen LogP contribution >= 0.6 is 0 Å². The van der Waals surface area contributed by atoms with Gasteiger partial charge in [-0.2, -0.15) is 0 Å². The molecule has 0 amide bonds. The smallest absolute Gasteiger partial charge is 0.333 e. The Labute approximate surface area is 103 Å². The SMILES string of the molecule is COC(=O)C(C)=CCN1CCOC2CCCC21. The summed E-state index contributed by atoms with van der Waals surface area (Å²) in [6, 6.07) is 0.547. The molecule has 1 saturated carbocycles. The standard InChI is InChI=1S/C13H21NO3/c1-10(13(15)16-2)6-7-14-8-9-17-12-5-3-4-11(12)14/h6,11-12H,3-5,7-9H2,1-2H3. The molecule has 1 aliphatic heterocycles. The number of hydrogen-bond acceptors (Lipinski definition) is 4. The van der Waals surface area contributed by atoms with Crippen LogP contribution in [0.4, 0.5) is 0 Å². The van der Waals surface area contributed by atoms with E-state index in [0.29, 0.717) is 17.7 Å². The molecule has 1 heterocycles. The Hall–Kier alpha value is -0.870. The first kappa shape index (κ1) is 12.6. The summed E-state index contributed by atoms with van der Waals surface area (Å²) in [5.74, 6) is -0.235. The first-order valence-corrected chi connectivity index (χ1v) is 6.33. The van der Waals surface area contributed by atoms with Gasteiger partial charge in [0.15, 0.2) is 0 Å². The zero-order chi connectivity index (χ0) is 12.3. The molecule has 0 spiro atoms. The Bertz CT molecular complexity index is 314. The van der Waals surface area contributed by atoms with Gasteiger partial charge in [-0.15, -0.1) is 0 Å². The van der Waals surface area contributed by atoms with Gasteiger partial charge in [-0.25, -0.2) is 4.79 Å². The fourth-order valence-corrected chi connectivity index (χ4v) is 2.73. The third kappa shape index (κ3) is 2.87. The number of nitrogens with zero attached hydrogens (tertiary/aromatic N) is 1. The van der Waals surface area contributed by atoms with E-state index in [2.05, 4.69) is 9.64 Å². The molecule has 0 bridgehead atoms. The second kappa shape index (κ2) is 5.65. The number of hydrogen-bond donors (Lipinski definition) is 0. The summed E-state index contributed by atoms with van der Waals surface area (Å²) < 4.78 is 10.4. The molecule has 1 saturated heterocycles. The second-order valence-corrected chi connectivity index (χ2v) is 4.78. The van der Waals surface area contributed by atoms with Crippen molar-refractivity contribution in [3.05, 3.63) is 11.6 Å². The Morgan fingerprint density at radius 1 is 1.53 bits per heavy atom. The van der Waals surface area contributed by atoms with Crippen molar-refractivity contribution in [2.24, 2.45) is 0 Å². The molecule has 4 nitrogen and oxygen atoms in total. The Kier molecular flexibility index (Phi) is 4.18. The average molecular weight is 239 g/mol. The monoisotopic (exact) mass is 239 g/mol. The molecule has 4 heteroatoms. The molecule has 2 aliphatic rings. The van der Waals surface area contributed by atoms with Crippen LogP contribution in [-0.4, -0.2) is 49.8 Å². The number of carbonyl (C=O) groups excluding carboxylic acids is 1. The highest BCUT2D eigenvalue weighted by Gasteiger charge is 2.35. The number of fused-ring (bicyclic) bond motifs is 1. The van der Waals surface area contributed by atoms with Gasteiger partial charge < -0.3 is 9.47 Å². The van der Waals surface area contributed by atoms with Crippen LogP contribution in [0, 0.1) is 0 Å². The summed E-state index contributed by atoms with van der Waals surface area (Å²) in [5.41, 5.74) is 0.688. The first-order valence-electron chi connectivity index (χ1n) is 6.33. The minimum atomic E-state index is -0.235. The number of carbonyl (C=O) groups is 1. The number of rotatable bonds is 3. The van der Waals surface area contributed by atoms with Crippen molar-refractivity contribution in [2.45, 2.75) is 38.3 Å². The summed E-state index contributed by atoms with van der Waals surface area (Å²) in [6.07, 6.45) is 6.03. The molecule has 0 aromatic rings. The fourth-order valence-electron chi connectivity index (χ4n) is 2.73. The number of esters is 1. The predicted octanol–water partition coefficient (Wildman–Crippen LogP) is 1.36. The van der Waals surface area contributed by atoms with Gasteiger partial charge in [-0.3, -0.25) is 4.90 Å². The van der Waals surface area contributed by atoms with E-state index in [1.807, 2.05) is 6.08 Å². The van der Waals surface area contributed by atoms with Crippen LogP contribution in [0.2, 0.25) is 0 Å². The van der Waals surface area contributed by atoms with Crippen LogP contribution in [0.15, 0.2) is 11.6 Å². The lowest BCUT2D eigenvalue weighted by molar-refractivity contribution is -0.136. The first-order chi connectivity index (χ1) is 8.22. The molecule has 0 radical (unpaired) electrons. The van der Waals surface area contributed by atoms with E-state index >= 15 is 0 Å². The lowest BCUT2D eigenvalue weighted by Gasteiger charge is -2.37. The molecule has 1 aliphatic carbocycles. The minimum Gasteiger partial charge on any atom is -0.466 e. The van der Waals surface area contributed by atoms with E-state index in [4.69, 9.17) is 4.74 Å².